The second kappa shape index (κ2) is 1.94. The van der Waals surface area contributed by atoms with E-state index in [0.717, 1.165) is 6.42 Å². The lowest BCUT2D eigenvalue weighted by molar-refractivity contribution is 1.49. The topological polar surface area (TPSA) is 12.4 Å². The molecule has 2 heteroatoms. The highest BCUT2D eigenvalue weighted by molar-refractivity contribution is 14.1. The molecule has 0 aromatic carbocycles. The van der Waals surface area contributed by atoms with Gasteiger partial charge in [0.2, 0.25) is 0 Å². The van der Waals surface area contributed by atoms with E-state index in [-0.39, 0.29) is 0 Å². The quantitative estimate of drug-likeness (QED) is 0.539. The van der Waals surface area contributed by atoms with Crippen LogP contribution in [0.2, 0.25) is 0 Å². The standard InChI is InChI=1S/C5H6IN/c1-4-2-5(6)3-7-4/h3H,2H2,1H3. The van der Waals surface area contributed by atoms with Crippen molar-refractivity contribution in [2.75, 3.05) is 0 Å². The SMILES string of the molecule is CC1=NC=C(I)C1. The summed E-state index contributed by atoms with van der Waals surface area (Å²) in [6, 6.07) is 0. The van der Waals surface area contributed by atoms with Crippen LogP contribution in [0, 0.1) is 0 Å². The van der Waals surface area contributed by atoms with E-state index in [2.05, 4.69) is 27.6 Å². The first-order valence-corrected chi connectivity index (χ1v) is 3.25. The van der Waals surface area contributed by atoms with Crippen molar-refractivity contribution in [1.82, 2.24) is 0 Å². The average Bonchev–Trinajstić information content (AvgIpc) is 1.87. The molecule has 0 saturated carbocycles. The summed E-state index contributed by atoms with van der Waals surface area (Å²) in [6.07, 6.45) is 2.98. The van der Waals surface area contributed by atoms with E-state index in [9.17, 15) is 0 Å². The highest BCUT2D eigenvalue weighted by atomic mass is 127. The highest BCUT2D eigenvalue weighted by Gasteiger charge is 1.99. The Kier molecular flexibility index (Phi) is 1.46. The third-order valence-corrected chi connectivity index (χ3v) is 1.51. The van der Waals surface area contributed by atoms with Crippen LogP contribution in [0.3, 0.4) is 0 Å². The van der Waals surface area contributed by atoms with Gasteiger partial charge in [0.15, 0.2) is 0 Å². The van der Waals surface area contributed by atoms with Crippen LogP contribution in [0.1, 0.15) is 13.3 Å². The van der Waals surface area contributed by atoms with Crippen molar-refractivity contribution in [3.63, 3.8) is 0 Å². The molecule has 38 valence electrons. The largest absolute Gasteiger partial charge is 0.265 e. The molecule has 0 aromatic heterocycles. The number of hydrogen-bond acceptors (Lipinski definition) is 1. The third-order valence-electron chi connectivity index (χ3n) is 0.850. The summed E-state index contributed by atoms with van der Waals surface area (Å²) < 4.78 is 1.34. The summed E-state index contributed by atoms with van der Waals surface area (Å²) in [5.74, 6) is 0. The van der Waals surface area contributed by atoms with Crippen LogP contribution >= 0.6 is 22.6 Å². The van der Waals surface area contributed by atoms with Gasteiger partial charge in [0, 0.05) is 21.9 Å². The van der Waals surface area contributed by atoms with E-state index in [1.165, 1.54) is 9.29 Å². The Morgan fingerprint density at radius 2 is 2.57 bits per heavy atom. The Bertz CT molecular complexity index is 119. The zero-order valence-corrected chi connectivity index (χ0v) is 6.27. The molecule has 0 amide bonds. The minimum atomic E-state index is 1.07. The molecule has 0 spiro atoms. The summed E-state index contributed by atoms with van der Waals surface area (Å²) in [7, 11) is 0. The molecule has 0 aliphatic carbocycles. The fraction of sp³-hybridized carbons (Fsp3) is 0.400. The van der Waals surface area contributed by atoms with E-state index in [0.29, 0.717) is 0 Å². The molecule has 0 radical (unpaired) electrons. The molecule has 1 nitrogen and oxygen atoms in total. The van der Waals surface area contributed by atoms with Crippen LogP contribution < -0.4 is 0 Å². The van der Waals surface area contributed by atoms with E-state index >= 15 is 0 Å². The van der Waals surface area contributed by atoms with Crippen LogP contribution in [0.5, 0.6) is 0 Å². The van der Waals surface area contributed by atoms with Gasteiger partial charge < -0.3 is 0 Å². The van der Waals surface area contributed by atoms with Crippen molar-refractivity contribution in [2.45, 2.75) is 13.3 Å². The predicted octanol–water partition coefficient (Wildman–Crippen LogP) is 2.13. The molecule has 0 atom stereocenters. The molecule has 0 unspecified atom stereocenters. The van der Waals surface area contributed by atoms with Crippen molar-refractivity contribution in [3.05, 3.63) is 9.78 Å². The summed E-state index contributed by atoms with van der Waals surface area (Å²) in [4.78, 5) is 4.06. The molecule has 1 aliphatic rings. The second-order valence-electron chi connectivity index (χ2n) is 1.62. The first-order valence-electron chi connectivity index (χ1n) is 2.17. The fourth-order valence-electron chi connectivity index (χ4n) is 0.516. The Morgan fingerprint density at radius 1 is 1.86 bits per heavy atom. The van der Waals surface area contributed by atoms with Crippen molar-refractivity contribution >= 4 is 28.3 Å². The van der Waals surface area contributed by atoms with Crippen LogP contribution in [-0.4, -0.2) is 5.71 Å². The molecule has 1 heterocycles. The maximum atomic E-state index is 4.06. The van der Waals surface area contributed by atoms with Gasteiger partial charge in [0.05, 0.1) is 0 Å². The second-order valence-corrected chi connectivity index (χ2v) is 3.00. The lowest BCUT2D eigenvalue weighted by atomic mass is 10.3. The summed E-state index contributed by atoms with van der Waals surface area (Å²) in [6.45, 7) is 2.04. The first kappa shape index (κ1) is 5.28. The maximum Gasteiger partial charge on any atom is 0.0363 e. The van der Waals surface area contributed by atoms with Gasteiger partial charge in [0.25, 0.3) is 0 Å². The Labute approximate surface area is 56.7 Å². The summed E-state index contributed by atoms with van der Waals surface area (Å²) in [5, 5.41) is 0. The van der Waals surface area contributed by atoms with E-state index < -0.39 is 0 Å². The van der Waals surface area contributed by atoms with Crippen molar-refractivity contribution < 1.29 is 0 Å². The Hall–Kier alpha value is 0.140. The third kappa shape index (κ3) is 1.26. The van der Waals surface area contributed by atoms with Gasteiger partial charge in [-0.25, -0.2) is 0 Å². The van der Waals surface area contributed by atoms with Gasteiger partial charge in [-0.05, 0) is 29.5 Å². The molecule has 1 aliphatic heterocycles. The van der Waals surface area contributed by atoms with Gasteiger partial charge in [-0.1, -0.05) is 0 Å². The van der Waals surface area contributed by atoms with Gasteiger partial charge >= 0.3 is 0 Å². The fourth-order valence-corrected chi connectivity index (χ4v) is 1.21. The smallest absolute Gasteiger partial charge is 0.0363 e. The van der Waals surface area contributed by atoms with Gasteiger partial charge in [-0.2, -0.15) is 0 Å². The predicted molar refractivity (Wildman–Crippen MR) is 39.8 cm³/mol. The monoisotopic (exact) mass is 207 g/mol. The minimum absolute atomic E-state index is 1.07. The van der Waals surface area contributed by atoms with E-state index in [4.69, 9.17) is 0 Å². The van der Waals surface area contributed by atoms with E-state index in [1.54, 1.807) is 0 Å². The number of nitrogens with zero attached hydrogens (tertiary/aromatic N) is 1. The molecule has 0 aromatic rings. The van der Waals surface area contributed by atoms with Gasteiger partial charge in [0.1, 0.15) is 0 Å². The summed E-state index contributed by atoms with van der Waals surface area (Å²) in [5.41, 5.74) is 1.23. The molecule has 0 saturated heterocycles. The number of aliphatic imine (C=N–C) groups is 1. The lowest BCUT2D eigenvalue weighted by Gasteiger charge is -1.82. The normalized spacial score (nSPS) is 19.1. The molecule has 1 rings (SSSR count). The molecule has 7 heavy (non-hydrogen) atoms. The Morgan fingerprint density at radius 3 is 2.71 bits per heavy atom. The maximum absolute atomic E-state index is 4.06. The molecular formula is C5H6IN. The van der Waals surface area contributed by atoms with Gasteiger partial charge in [-0.3, -0.25) is 4.99 Å². The van der Waals surface area contributed by atoms with Crippen LogP contribution in [0.4, 0.5) is 0 Å². The molecular weight excluding hydrogens is 201 g/mol. The minimum Gasteiger partial charge on any atom is -0.265 e. The molecule has 0 bridgehead atoms. The number of allylic oxidation sites excluding steroid dienone is 1. The van der Waals surface area contributed by atoms with Gasteiger partial charge in [-0.15, -0.1) is 0 Å². The Balaban J connectivity index is 2.61. The van der Waals surface area contributed by atoms with Crippen LogP contribution in [0.15, 0.2) is 14.8 Å². The zero-order chi connectivity index (χ0) is 5.28. The van der Waals surface area contributed by atoms with Crippen molar-refractivity contribution in [2.24, 2.45) is 4.99 Å². The molecule has 0 N–H and O–H groups in total. The van der Waals surface area contributed by atoms with Crippen LogP contribution in [0.25, 0.3) is 0 Å². The molecule has 0 fully saturated rings. The lowest BCUT2D eigenvalue weighted by Crippen LogP contribution is -1.80. The van der Waals surface area contributed by atoms with Crippen LogP contribution in [-0.2, 0) is 0 Å². The highest BCUT2D eigenvalue weighted by Crippen LogP contribution is 2.17. The first-order chi connectivity index (χ1) is 3.29. The number of halogens is 1. The average molecular weight is 207 g/mol. The number of hydrogen-bond donors (Lipinski definition) is 0. The summed E-state index contributed by atoms with van der Waals surface area (Å²) >= 11 is 2.29. The van der Waals surface area contributed by atoms with Crippen molar-refractivity contribution in [1.29, 1.82) is 0 Å². The number of rotatable bonds is 0. The zero-order valence-electron chi connectivity index (χ0n) is 4.11. The van der Waals surface area contributed by atoms with E-state index in [1.807, 2.05) is 13.1 Å². The van der Waals surface area contributed by atoms with Crippen molar-refractivity contribution in [3.8, 4) is 0 Å².